The SMILES string of the molecule is CC(C)(C)OC(=O)N1CC=CC[C@@H]1CCCO. The van der Waals surface area contributed by atoms with Crippen molar-refractivity contribution < 1.29 is 14.6 Å². The predicted molar refractivity (Wildman–Crippen MR) is 66.8 cm³/mol. The third-order valence-corrected chi connectivity index (χ3v) is 2.64. The van der Waals surface area contributed by atoms with Gasteiger partial charge in [0.05, 0.1) is 0 Å². The van der Waals surface area contributed by atoms with Crippen molar-refractivity contribution in [2.24, 2.45) is 0 Å². The summed E-state index contributed by atoms with van der Waals surface area (Å²) in [6, 6.07) is 0.155. The highest BCUT2D eigenvalue weighted by atomic mass is 16.6. The number of aliphatic hydroxyl groups is 1. The van der Waals surface area contributed by atoms with Crippen molar-refractivity contribution in [1.29, 1.82) is 0 Å². The lowest BCUT2D eigenvalue weighted by Crippen LogP contribution is -2.44. The first-order valence-electron chi connectivity index (χ1n) is 6.19. The molecule has 0 spiro atoms. The summed E-state index contributed by atoms with van der Waals surface area (Å²) >= 11 is 0. The molecule has 1 amide bonds. The largest absolute Gasteiger partial charge is 0.444 e. The molecule has 0 aromatic carbocycles. The van der Waals surface area contributed by atoms with Crippen LogP contribution in [-0.2, 0) is 4.74 Å². The van der Waals surface area contributed by atoms with Crippen LogP contribution in [0.2, 0.25) is 0 Å². The van der Waals surface area contributed by atoms with E-state index in [0.717, 1.165) is 19.3 Å². The number of carbonyl (C=O) groups is 1. The van der Waals surface area contributed by atoms with Crippen LogP contribution in [-0.4, -0.2) is 40.9 Å². The van der Waals surface area contributed by atoms with Crippen molar-refractivity contribution in [1.82, 2.24) is 4.90 Å². The Morgan fingerprint density at radius 3 is 2.76 bits per heavy atom. The summed E-state index contributed by atoms with van der Waals surface area (Å²) in [6.45, 7) is 6.38. The van der Waals surface area contributed by atoms with Crippen molar-refractivity contribution in [2.75, 3.05) is 13.2 Å². The van der Waals surface area contributed by atoms with Gasteiger partial charge in [-0.25, -0.2) is 4.79 Å². The highest BCUT2D eigenvalue weighted by molar-refractivity contribution is 5.69. The molecule has 98 valence electrons. The summed E-state index contributed by atoms with van der Waals surface area (Å²) in [5.41, 5.74) is -0.459. The molecule has 0 saturated heterocycles. The predicted octanol–water partition coefficient (Wildman–Crippen LogP) is 2.32. The van der Waals surface area contributed by atoms with Crippen molar-refractivity contribution in [3.05, 3.63) is 12.2 Å². The molecule has 0 radical (unpaired) electrons. The molecule has 1 N–H and O–H groups in total. The van der Waals surface area contributed by atoms with Gasteiger partial charge in [0, 0.05) is 19.2 Å². The smallest absolute Gasteiger partial charge is 0.410 e. The molecule has 4 nitrogen and oxygen atoms in total. The Morgan fingerprint density at radius 1 is 1.47 bits per heavy atom. The van der Waals surface area contributed by atoms with Crippen LogP contribution in [0.25, 0.3) is 0 Å². The van der Waals surface area contributed by atoms with Crippen LogP contribution < -0.4 is 0 Å². The minimum absolute atomic E-state index is 0.155. The first-order valence-corrected chi connectivity index (χ1v) is 6.19. The van der Waals surface area contributed by atoms with Crippen molar-refractivity contribution in [2.45, 2.75) is 51.7 Å². The number of carbonyl (C=O) groups excluding carboxylic acids is 1. The van der Waals surface area contributed by atoms with Gasteiger partial charge in [0.25, 0.3) is 0 Å². The zero-order chi connectivity index (χ0) is 12.9. The second-order valence-electron chi connectivity index (χ2n) is 5.36. The average molecular weight is 241 g/mol. The van der Waals surface area contributed by atoms with Gasteiger partial charge in [-0.3, -0.25) is 0 Å². The standard InChI is InChI=1S/C13H23NO3/c1-13(2,3)17-12(16)14-9-5-4-7-11(14)8-6-10-15/h4-5,11,15H,6-10H2,1-3H3/t11-/m1/s1. The quantitative estimate of drug-likeness (QED) is 0.771. The van der Waals surface area contributed by atoms with Crippen molar-refractivity contribution in [3.8, 4) is 0 Å². The van der Waals surface area contributed by atoms with E-state index in [-0.39, 0.29) is 18.7 Å². The Bertz CT molecular complexity index is 281. The van der Waals surface area contributed by atoms with Crippen LogP contribution in [0.3, 0.4) is 0 Å². The molecule has 0 unspecified atom stereocenters. The Kier molecular flexibility index (Phi) is 5.00. The van der Waals surface area contributed by atoms with Gasteiger partial charge < -0.3 is 14.7 Å². The second kappa shape index (κ2) is 6.05. The Labute approximate surface area is 103 Å². The highest BCUT2D eigenvalue weighted by Crippen LogP contribution is 2.19. The van der Waals surface area contributed by atoms with E-state index < -0.39 is 5.60 Å². The number of nitrogens with zero attached hydrogens (tertiary/aromatic N) is 1. The molecule has 1 heterocycles. The van der Waals surface area contributed by atoms with E-state index in [2.05, 4.69) is 6.08 Å². The lowest BCUT2D eigenvalue weighted by molar-refractivity contribution is 0.0164. The zero-order valence-electron chi connectivity index (χ0n) is 11.0. The number of amides is 1. The summed E-state index contributed by atoms with van der Waals surface area (Å²) in [5, 5.41) is 8.86. The minimum atomic E-state index is -0.459. The van der Waals surface area contributed by atoms with Crippen LogP contribution >= 0.6 is 0 Å². The van der Waals surface area contributed by atoms with Gasteiger partial charge in [-0.2, -0.15) is 0 Å². The molecule has 0 aliphatic carbocycles. The monoisotopic (exact) mass is 241 g/mol. The maximum Gasteiger partial charge on any atom is 0.410 e. The normalized spacial score (nSPS) is 20.5. The lowest BCUT2D eigenvalue weighted by Gasteiger charge is -2.34. The summed E-state index contributed by atoms with van der Waals surface area (Å²) < 4.78 is 5.38. The fourth-order valence-corrected chi connectivity index (χ4v) is 1.86. The van der Waals surface area contributed by atoms with E-state index in [4.69, 9.17) is 9.84 Å². The zero-order valence-corrected chi connectivity index (χ0v) is 11.0. The van der Waals surface area contributed by atoms with Crippen LogP contribution in [0.4, 0.5) is 4.79 Å². The topological polar surface area (TPSA) is 49.8 Å². The van der Waals surface area contributed by atoms with Gasteiger partial charge in [-0.15, -0.1) is 0 Å². The van der Waals surface area contributed by atoms with Crippen LogP contribution in [0.5, 0.6) is 0 Å². The van der Waals surface area contributed by atoms with Crippen LogP contribution in [0.1, 0.15) is 40.0 Å². The van der Waals surface area contributed by atoms with E-state index in [1.54, 1.807) is 4.90 Å². The maximum atomic E-state index is 12.0. The number of rotatable bonds is 3. The van der Waals surface area contributed by atoms with Gasteiger partial charge in [0.1, 0.15) is 5.60 Å². The van der Waals surface area contributed by atoms with E-state index in [1.807, 2.05) is 26.8 Å². The van der Waals surface area contributed by atoms with E-state index in [0.29, 0.717) is 6.54 Å². The van der Waals surface area contributed by atoms with Gasteiger partial charge in [-0.1, -0.05) is 12.2 Å². The van der Waals surface area contributed by atoms with Gasteiger partial charge in [0.2, 0.25) is 0 Å². The number of hydrogen-bond acceptors (Lipinski definition) is 3. The van der Waals surface area contributed by atoms with Gasteiger partial charge in [-0.05, 0) is 40.0 Å². The Hall–Kier alpha value is -1.03. The van der Waals surface area contributed by atoms with E-state index in [9.17, 15) is 4.79 Å². The summed E-state index contributed by atoms with van der Waals surface area (Å²) in [6.07, 6.45) is 6.20. The molecule has 1 rings (SSSR count). The molecular formula is C13H23NO3. The minimum Gasteiger partial charge on any atom is -0.444 e. The molecule has 4 heteroatoms. The fraction of sp³-hybridized carbons (Fsp3) is 0.769. The molecule has 1 atom stereocenters. The average Bonchev–Trinajstić information content (AvgIpc) is 2.24. The maximum absolute atomic E-state index is 12.0. The van der Waals surface area contributed by atoms with Crippen LogP contribution in [0.15, 0.2) is 12.2 Å². The third-order valence-electron chi connectivity index (χ3n) is 2.64. The molecule has 1 aliphatic rings. The third kappa shape index (κ3) is 4.77. The number of ether oxygens (including phenoxy) is 1. The summed E-state index contributed by atoms with van der Waals surface area (Å²) in [7, 11) is 0. The molecule has 0 aromatic rings. The first kappa shape index (κ1) is 14.0. The molecule has 17 heavy (non-hydrogen) atoms. The molecule has 0 aromatic heterocycles. The molecule has 1 aliphatic heterocycles. The summed E-state index contributed by atoms with van der Waals surface area (Å²) in [4.78, 5) is 13.7. The lowest BCUT2D eigenvalue weighted by atomic mass is 10.0. The van der Waals surface area contributed by atoms with Gasteiger partial charge >= 0.3 is 6.09 Å². The van der Waals surface area contributed by atoms with E-state index in [1.165, 1.54) is 0 Å². The van der Waals surface area contributed by atoms with Crippen LogP contribution in [0, 0.1) is 0 Å². The first-order chi connectivity index (χ1) is 7.94. The highest BCUT2D eigenvalue weighted by Gasteiger charge is 2.28. The van der Waals surface area contributed by atoms with Crippen molar-refractivity contribution in [3.63, 3.8) is 0 Å². The fourth-order valence-electron chi connectivity index (χ4n) is 1.86. The molecule has 0 fully saturated rings. The van der Waals surface area contributed by atoms with E-state index >= 15 is 0 Å². The molecule has 0 bridgehead atoms. The second-order valence-corrected chi connectivity index (χ2v) is 5.36. The summed E-state index contributed by atoms with van der Waals surface area (Å²) in [5.74, 6) is 0. The molecule has 0 saturated carbocycles. The van der Waals surface area contributed by atoms with Crippen molar-refractivity contribution >= 4 is 6.09 Å². The molecular weight excluding hydrogens is 218 g/mol. The Balaban J connectivity index is 2.59. The van der Waals surface area contributed by atoms with Gasteiger partial charge in [0.15, 0.2) is 0 Å². The number of aliphatic hydroxyl groups excluding tert-OH is 1. The number of hydrogen-bond donors (Lipinski definition) is 1. The Morgan fingerprint density at radius 2 is 2.18 bits per heavy atom.